The van der Waals surface area contributed by atoms with Crippen molar-refractivity contribution < 1.29 is 9.59 Å². The van der Waals surface area contributed by atoms with E-state index in [1.807, 2.05) is 11.0 Å². The van der Waals surface area contributed by atoms with Crippen LogP contribution in [0, 0.1) is 5.92 Å². The highest BCUT2D eigenvalue weighted by Crippen LogP contribution is 2.58. The van der Waals surface area contributed by atoms with Crippen molar-refractivity contribution in [1.82, 2.24) is 4.90 Å². The molecule has 108 valence electrons. The Labute approximate surface area is 123 Å². The molecule has 4 atom stereocenters. The third-order valence-corrected chi connectivity index (χ3v) is 6.12. The molecule has 1 N–H and O–H groups in total. The van der Waals surface area contributed by atoms with Crippen molar-refractivity contribution in [2.24, 2.45) is 5.92 Å². The average Bonchev–Trinajstić information content (AvgIpc) is 2.97. The summed E-state index contributed by atoms with van der Waals surface area (Å²) in [7, 11) is 0. The van der Waals surface area contributed by atoms with Gasteiger partial charge in [0.1, 0.15) is 5.78 Å². The fourth-order valence-electron chi connectivity index (χ4n) is 5.39. The molecule has 4 aliphatic rings. The van der Waals surface area contributed by atoms with E-state index in [1.54, 1.807) is 0 Å². The van der Waals surface area contributed by atoms with Crippen LogP contribution in [0.5, 0.6) is 0 Å². The fraction of sp³-hybridized carbons (Fsp3) is 0.529. The minimum Gasteiger partial charge on any atom is -0.381 e. The zero-order valence-corrected chi connectivity index (χ0v) is 11.8. The number of fused-ring (bicyclic) bond motifs is 1. The number of carbonyl (C=O) groups is 2. The van der Waals surface area contributed by atoms with Crippen LogP contribution in [-0.4, -0.2) is 35.2 Å². The van der Waals surface area contributed by atoms with Crippen molar-refractivity contribution in [3.05, 3.63) is 29.8 Å². The van der Waals surface area contributed by atoms with Crippen molar-refractivity contribution in [1.29, 1.82) is 0 Å². The van der Waals surface area contributed by atoms with Gasteiger partial charge in [-0.2, -0.15) is 0 Å². The Morgan fingerprint density at radius 3 is 3.00 bits per heavy atom. The van der Waals surface area contributed by atoms with Gasteiger partial charge in [0, 0.05) is 42.4 Å². The number of rotatable bonds is 0. The number of nitrogens with one attached hydrogen (secondary N) is 1. The second-order valence-electron chi connectivity index (χ2n) is 6.91. The highest BCUT2D eigenvalue weighted by molar-refractivity contribution is 5.93. The molecule has 1 aromatic rings. The molecule has 1 aliphatic carbocycles. The molecule has 4 nitrogen and oxygen atoms in total. The molecule has 3 fully saturated rings. The zero-order valence-electron chi connectivity index (χ0n) is 11.8. The Kier molecular flexibility index (Phi) is 2.06. The number of anilines is 1. The summed E-state index contributed by atoms with van der Waals surface area (Å²) >= 11 is 0. The van der Waals surface area contributed by atoms with Gasteiger partial charge >= 0.3 is 0 Å². The number of nitrogens with zero attached hydrogens (tertiary/aromatic N) is 1. The van der Waals surface area contributed by atoms with Gasteiger partial charge < -0.3 is 10.2 Å². The topological polar surface area (TPSA) is 49.4 Å². The maximum atomic E-state index is 12.6. The smallest absolute Gasteiger partial charge is 0.223 e. The summed E-state index contributed by atoms with van der Waals surface area (Å²) in [6.45, 7) is 0.823. The molecule has 0 radical (unpaired) electrons. The number of piperidine rings is 1. The minimum atomic E-state index is -0.174. The molecule has 1 spiro atoms. The molecular formula is C17H18N2O2. The Morgan fingerprint density at radius 1 is 1.24 bits per heavy atom. The minimum absolute atomic E-state index is 0.0504. The average molecular weight is 282 g/mol. The second-order valence-corrected chi connectivity index (χ2v) is 6.91. The van der Waals surface area contributed by atoms with Crippen LogP contribution in [0.3, 0.4) is 0 Å². The molecule has 0 bridgehead atoms. The predicted octanol–water partition coefficient (Wildman–Crippen LogP) is 1.70. The fourth-order valence-corrected chi connectivity index (χ4v) is 5.39. The van der Waals surface area contributed by atoms with Crippen LogP contribution in [0.4, 0.5) is 5.69 Å². The molecule has 5 rings (SSSR count). The Bertz CT molecular complexity index is 671. The number of hydrogen-bond acceptors (Lipinski definition) is 3. The van der Waals surface area contributed by atoms with Crippen LogP contribution in [0.1, 0.15) is 31.2 Å². The van der Waals surface area contributed by atoms with E-state index >= 15 is 0 Å². The van der Waals surface area contributed by atoms with Crippen LogP contribution < -0.4 is 5.32 Å². The van der Waals surface area contributed by atoms with Crippen molar-refractivity contribution in [3.63, 3.8) is 0 Å². The molecule has 1 aromatic carbocycles. The van der Waals surface area contributed by atoms with E-state index in [0.29, 0.717) is 18.6 Å². The lowest BCUT2D eigenvalue weighted by Crippen LogP contribution is -2.61. The summed E-state index contributed by atoms with van der Waals surface area (Å²) in [5, 5.41) is 3.54. The summed E-state index contributed by atoms with van der Waals surface area (Å²) in [4.78, 5) is 27.2. The zero-order chi connectivity index (χ0) is 14.2. The first-order valence-electron chi connectivity index (χ1n) is 7.90. The third kappa shape index (κ3) is 1.23. The summed E-state index contributed by atoms with van der Waals surface area (Å²) in [6.07, 6.45) is 3.05. The van der Waals surface area contributed by atoms with Crippen LogP contribution >= 0.6 is 0 Å². The second kappa shape index (κ2) is 3.67. The first-order chi connectivity index (χ1) is 10.2. The Balaban J connectivity index is 1.76. The van der Waals surface area contributed by atoms with Gasteiger partial charge in [-0.3, -0.25) is 9.59 Å². The van der Waals surface area contributed by atoms with Crippen LogP contribution in [0.25, 0.3) is 0 Å². The number of hydrogen-bond donors (Lipinski definition) is 1. The molecule has 0 aromatic heterocycles. The molecule has 3 heterocycles. The molecule has 21 heavy (non-hydrogen) atoms. The molecule has 3 aliphatic heterocycles. The highest BCUT2D eigenvalue weighted by Gasteiger charge is 2.66. The number of Topliss-reactive ketones (excluding diaryl/α,β-unsaturated/α-hetero) is 1. The monoisotopic (exact) mass is 282 g/mol. The lowest BCUT2D eigenvalue weighted by molar-refractivity contribution is -0.136. The van der Waals surface area contributed by atoms with Gasteiger partial charge in [-0.1, -0.05) is 18.2 Å². The molecular weight excluding hydrogens is 264 g/mol. The van der Waals surface area contributed by atoms with Gasteiger partial charge in [-0.25, -0.2) is 0 Å². The van der Waals surface area contributed by atoms with Crippen molar-refractivity contribution in [2.45, 2.75) is 43.2 Å². The predicted molar refractivity (Wildman–Crippen MR) is 78.0 cm³/mol. The van der Waals surface area contributed by atoms with E-state index in [1.165, 1.54) is 5.56 Å². The summed E-state index contributed by atoms with van der Waals surface area (Å²) in [6, 6.07) is 8.49. The maximum Gasteiger partial charge on any atom is 0.223 e. The van der Waals surface area contributed by atoms with E-state index in [-0.39, 0.29) is 29.3 Å². The van der Waals surface area contributed by atoms with Gasteiger partial charge in [-0.15, -0.1) is 0 Å². The first-order valence-corrected chi connectivity index (χ1v) is 7.90. The lowest BCUT2D eigenvalue weighted by Gasteiger charge is -2.49. The van der Waals surface area contributed by atoms with Crippen LogP contribution in [0.2, 0.25) is 0 Å². The maximum absolute atomic E-state index is 12.6. The van der Waals surface area contributed by atoms with E-state index in [2.05, 4.69) is 23.5 Å². The van der Waals surface area contributed by atoms with E-state index < -0.39 is 0 Å². The number of para-hydroxylation sites is 1. The van der Waals surface area contributed by atoms with E-state index in [0.717, 1.165) is 25.1 Å². The Hall–Kier alpha value is -1.84. The number of ketones is 1. The largest absolute Gasteiger partial charge is 0.381 e. The third-order valence-electron chi connectivity index (χ3n) is 6.12. The molecule has 0 unspecified atom stereocenters. The van der Waals surface area contributed by atoms with Crippen molar-refractivity contribution in [2.75, 3.05) is 11.9 Å². The molecule has 1 saturated carbocycles. The van der Waals surface area contributed by atoms with Gasteiger partial charge in [0.15, 0.2) is 0 Å². The van der Waals surface area contributed by atoms with Gasteiger partial charge in [0.2, 0.25) is 5.91 Å². The van der Waals surface area contributed by atoms with E-state index in [4.69, 9.17) is 0 Å². The van der Waals surface area contributed by atoms with Gasteiger partial charge in [0.05, 0.1) is 6.04 Å². The molecule has 4 heteroatoms. The molecule has 2 saturated heterocycles. The standard InChI is InChI=1S/C17H18N2O2/c20-13-8-14-17(11-5-1-2-6-12(11)18-14)9-15(21)19-7-3-4-10(13)16(17)19/h1-2,5-6,10,14,16,18H,3-4,7-9H2/t10-,14-,16-,17-/m1/s1. The number of amides is 1. The normalized spacial score (nSPS) is 39.6. The van der Waals surface area contributed by atoms with Crippen LogP contribution in [-0.2, 0) is 15.0 Å². The van der Waals surface area contributed by atoms with Gasteiger partial charge in [0.25, 0.3) is 0 Å². The lowest BCUT2D eigenvalue weighted by atomic mass is 9.59. The van der Waals surface area contributed by atoms with Crippen molar-refractivity contribution in [3.8, 4) is 0 Å². The Morgan fingerprint density at radius 2 is 2.10 bits per heavy atom. The van der Waals surface area contributed by atoms with E-state index in [9.17, 15) is 9.59 Å². The first kappa shape index (κ1) is 11.8. The van der Waals surface area contributed by atoms with Gasteiger partial charge in [-0.05, 0) is 24.5 Å². The van der Waals surface area contributed by atoms with Crippen molar-refractivity contribution >= 4 is 17.4 Å². The number of carbonyl (C=O) groups excluding carboxylic acids is 2. The quantitative estimate of drug-likeness (QED) is 0.788. The highest BCUT2D eigenvalue weighted by atomic mass is 16.2. The summed E-state index contributed by atoms with van der Waals surface area (Å²) < 4.78 is 0. The van der Waals surface area contributed by atoms with Crippen LogP contribution in [0.15, 0.2) is 24.3 Å². The summed E-state index contributed by atoms with van der Waals surface area (Å²) in [5.74, 6) is 0.637. The summed E-state index contributed by atoms with van der Waals surface area (Å²) in [5.41, 5.74) is 2.21. The molecule has 1 amide bonds. The number of benzene rings is 1. The SMILES string of the molecule is O=C1C[C@H]2Nc3ccccc3[C@]23CC(=O)N2CCC[C@H]1[C@@H]23.